The average Bonchev–Trinajstić information content (AvgIpc) is 2.81. The molecule has 0 aliphatic carbocycles. The van der Waals surface area contributed by atoms with Crippen LogP contribution in [0.2, 0.25) is 0 Å². The molecule has 6 heteroatoms. The normalized spacial score (nSPS) is 10.5. The standard InChI is InChI=1S/C13H14BrN3OS/c1-3-4-11-12(19-17-16-11)13(18)15-10-6-5-8(2)7-9(10)14/h5-7H,3-4H2,1-2H3,(H,15,18). The molecule has 19 heavy (non-hydrogen) atoms. The van der Waals surface area contributed by atoms with Crippen molar-refractivity contribution in [3.63, 3.8) is 0 Å². The average molecular weight is 340 g/mol. The fraction of sp³-hybridized carbons (Fsp3) is 0.308. The summed E-state index contributed by atoms with van der Waals surface area (Å²) in [6, 6.07) is 5.80. The third-order valence-corrected chi connectivity index (χ3v) is 4.04. The quantitative estimate of drug-likeness (QED) is 0.921. The molecule has 0 fully saturated rings. The van der Waals surface area contributed by atoms with Crippen molar-refractivity contribution in [2.24, 2.45) is 0 Å². The molecule has 1 aromatic carbocycles. The van der Waals surface area contributed by atoms with E-state index in [-0.39, 0.29) is 5.91 Å². The zero-order chi connectivity index (χ0) is 13.8. The Bertz CT molecular complexity index is 597. The Kier molecular flexibility index (Phi) is 4.66. The minimum atomic E-state index is -0.150. The number of aryl methyl sites for hydroxylation is 2. The maximum Gasteiger partial charge on any atom is 0.269 e. The second-order valence-corrected chi connectivity index (χ2v) is 5.84. The van der Waals surface area contributed by atoms with E-state index in [1.54, 1.807) is 0 Å². The minimum absolute atomic E-state index is 0.150. The first-order chi connectivity index (χ1) is 9.11. The Balaban J connectivity index is 2.18. The van der Waals surface area contributed by atoms with E-state index in [0.717, 1.165) is 45.8 Å². The number of benzene rings is 1. The first-order valence-corrected chi connectivity index (χ1v) is 7.57. The number of hydrogen-bond donors (Lipinski definition) is 1. The lowest BCUT2D eigenvalue weighted by atomic mass is 10.2. The molecule has 2 aromatic rings. The highest BCUT2D eigenvalue weighted by Crippen LogP contribution is 2.24. The van der Waals surface area contributed by atoms with Crippen LogP contribution in [0.5, 0.6) is 0 Å². The van der Waals surface area contributed by atoms with E-state index in [0.29, 0.717) is 4.88 Å². The summed E-state index contributed by atoms with van der Waals surface area (Å²) in [7, 11) is 0. The van der Waals surface area contributed by atoms with E-state index in [2.05, 4.69) is 37.8 Å². The fourth-order valence-corrected chi connectivity index (χ4v) is 2.88. The van der Waals surface area contributed by atoms with Gasteiger partial charge in [0.1, 0.15) is 4.88 Å². The fourth-order valence-electron chi connectivity index (χ4n) is 1.68. The second kappa shape index (κ2) is 6.25. The molecule has 0 radical (unpaired) electrons. The van der Waals surface area contributed by atoms with Gasteiger partial charge in [0.05, 0.1) is 11.4 Å². The summed E-state index contributed by atoms with van der Waals surface area (Å²) in [5.41, 5.74) is 2.66. The maximum absolute atomic E-state index is 12.2. The van der Waals surface area contributed by atoms with Gasteiger partial charge in [0, 0.05) is 4.47 Å². The van der Waals surface area contributed by atoms with Gasteiger partial charge in [0.15, 0.2) is 0 Å². The van der Waals surface area contributed by atoms with Crippen molar-refractivity contribution in [3.05, 3.63) is 38.8 Å². The van der Waals surface area contributed by atoms with E-state index < -0.39 is 0 Å². The smallest absolute Gasteiger partial charge is 0.269 e. The van der Waals surface area contributed by atoms with Gasteiger partial charge in [-0.05, 0) is 58.5 Å². The maximum atomic E-state index is 12.2. The molecule has 0 bridgehead atoms. The van der Waals surface area contributed by atoms with Crippen molar-refractivity contribution >= 4 is 39.1 Å². The predicted octanol–water partition coefficient (Wildman–Crippen LogP) is 3.81. The Morgan fingerprint density at radius 1 is 1.47 bits per heavy atom. The molecule has 1 aromatic heterocycles. The van der Waals surface area contributed by atoms with Gasteiger partial charge in [0.25, 0.3) is 5.91 Å². The summed E-state index contributed by atoms with van der Waals surface area (Å²) in [4.78, 5) is 12.8. The molecule has 0 atom stereocenters. The van der Waals surface area contributed by atoms with Gasteiger partial charge in [-0.2, -0.15) is 0 Å². The number of aromatic nitrogens is 2. The number of hydrogen-bond acceptors (Lipinski definition) is 4. The van der Waals surface area contributed by atoms with Crippen molar-refractivity contribution in [3.8, 4) is 0 Å². The Labute approximate surface area is 124 Å². The number of nitrogens with zero attached hydrogens (tertiary/aromatic N) is 2. The van der Waals surface area contributed by atoms with Gasteiger partial charge in [-0.15, -0.1) is 5.10 Å². The monoisotopic (exact) mass is 339 g/mol. The summed E-state index contributed by atoms with van der Waals surface area (Å²) in [5, 5.41) is 6.88. The summed E-state index contributed by atoms with van der Waals surface area (Å²) in [6.45, 7) is 4.06. The van der Waals surface area contributed by atoms with Crippen LogP contribution in [0.4, 0.5) is 5.69 Å². The lowest BCUT2D eigenvalue weighted by Gasteiger charge is -2.07. The van der Waals surface area contributed by atoms with Crippen LogP contribution < -0.4 is 5.32 Å². The lowest BCUT2D eigenvalue weighted by molar-refractivity contribution is 0.102. The van der Waals surface area contributed by atoms with E-state index >= 15 is 0 Å². The highest BCUT2D eigenvalue weighted by molar-refractivity contribution is 9.10. The molecular formula is C13H14BrN3OS. The topological polar surface area (TPSA) is 54.9 Å². The van der Waals surface area contributed by atoms with Gasteiger partial charge in [-0.25, -0.2) is 0 Å². The Hall–Kier alpha value is -1.27. The van der Waals surface area contributed by atoms with Crippen LogP contribution >= 0.6 is 27.5 Å². The van der Waals surface area contributed by atoms with Gasteiger partial charge in [0.2, 0.25) is 0 Å². The van der Waals surface area contributed by atoms with Crippen LogP contribution in [-0.4, -0.2) is 15.5 Å². The van der Waals surface area contributed by atoms with Crippen LogP contribution in [0.3, 0.4) is 0 Å². The number of nitrogens with one attached hydrogen (secondary N) is 1. The third-order valence-electron chi connectivity index (χ3n) is 2.62. The summed E-state index contributed by atoms with van der Waals surface area (Å²) in [5.74, 6) is -0.150. The molecule has 1 amide bonds. The van der Waals surface area contributed by atoms with Crippen LogP contribution in [0.25, 0.3) is 0 Å². The highest BCUT2D eigenvalue weighted by Gasteiger charge is 2.16. The molecule has 0 saturated carbocycles. The van der Waals surface area contributed by atoms with Crippen molar-refractivity contribution in [1.82, 2.24) is 9.59 Å². The zero-order valence-electron chi connectivity index (χ0n) is 10.7. The summed E-state index contributed by atoms with van der Waals surface area (Å²) >= 11 is 4.58. The molecule has 1 N–H and O–H groups in total. The summed E-state index contributed by atoms with van der Waals surface area (Å²) < 4.78 is 4.73. The number of anilines is 1. The van der Waals surface area contributed by atoms with Crippen molar-refractivity contribution in [2.45, 2.75) is 26.7 Å². The Morgan fingerprint density at radius 2 is 2.26 bits per heavy atom. The Morgan fingerprint density at radius 3 is 2.95 bits per heavy atom. The molecule has 2 rings (SSSR count). The van der Waals surface area contributed by atoms with Crippen molar-refractivity contribution < 1.29 is 4.79 Å². The second-order valence-electron chi connectivity index (χ2n) is 4.24. The first-order valence-electron chi connectivity index (χ1n) is 6.00. The van der Waals surface area contributed by atoms with E-state index in [4.69, 9.17) is 0 Å². The van der Waals surface area contributed by atoms with Crippen LogP contribution in [0.15, 0.2) is 22.7 Å². The largest absolute Gasteiger partial charge is 0.320 e. The highest BCUT2D eigenvalue weighted by atomic mass is 79.9. The van der Waals surface area contributed by atoms with E-state index in [1.165, 1.54) is 0 Å². The van der Waals surface area contributed by atoms with Crippen molar-refractivity contribution in [1.29, 1.82) is 0 Å². The molecule has 0 aliphatic heterocycles. The van der Waals surface area contributed by atoms with Gasteiger partial charge in [-0.3, -0.25) is 4.79 Å². The van der Waals surface area contributed by atoms with E-state index in [9.17, 15) is 4.79 Å². The predicted molar refractivity (Wildman–Crippen MR) is 80.7 cm³/mol. The molecule has 4 nitrogen and oxygen atoms in total. The van der Waals surface area contributed by atoms with E-state index in [1.807, 2.05) is 25.1 Å². The molecule has 100 valence electrons. The van der Waals surface area contributed by atoms with Crippen molar-refractivity contribution in [2.75, 3.05) is 5.32 Å². The first kappa shape index (κ1) is 14.1. The molecule has 0 aliphatic rings. The molecule has 0 unspecified atom stereocenters. The molecule has 1 heterocycles. The number of rotatable bonds is 4. The number of carbonyl (C=O) groups excluding carboxylic acids is 1. The van der Waals surface area contributed by atoms with Crippen LogP contribution in [0.1, 0.15) is 34.3 Å². The van der Waals surface area contributed by atoms with Crippen LogP contribution in [0, 0.1) is 6.92 Å². The molecule has 0 spiro atoms. The summed E-state index contributed by atoms with van der Waals surface area (Å²) in [6.07, 6.45) is 1.72. The molecule has 0 saturated heterocycles. The number of amides is 1. The van der Waals surface area contributed by atoms with Gasteiger partial charge >= 0.3 is 0 Å². The lowest BCUT2D eigenvalue weighted by Crippen LogP contribution is -2.13. The van der Waals surface area contributed by atoms with Gasteiger partial charge in [-0.1, -0.05) is 23.9 Å². The SMILES string of the molecule is CCCc1nnsc1C(=O)Nc1ccc(C)cc1Br. The molecular weight excluding hydrogens is 326 g/mol. The third kappa shape index (κ3) is 3.39. The van der Waals surface area contributed by atoms with Gasteiger partial charge < -0.3 is 5.32 Å². The minimum Gasteiger partial charge on any atom is -0.320 e. The number of halogens is 1. The number of carbonyl (C=O) groups is 1. The zero-order valence-corrected chi connectivity index (χ0v) is 13.1. The van der Waals surface area contributed by atoms with Crippen LogP contribution in [-0.2, 0) is 6.42 Å².